The largest absolute Gasteiger partial charge is 0.396 e. The molecule has 0 rings (SSSR count). The summed E-state index contributed by atoms with van der Waals surface area (Å²) in [4.78, 5) is 9.77. The molecular weight excluding hydrogens is 170 g/mol. The quantitative estimate of drug-likeness (QED) is 0.446. The monoisotopic (exact) mass is 191 g/mol. The van der Waals surface area contributed by atoms with Crippen LogP contribution in [0.15, 0.2) is 0 Å². The van der Waals surface area contributed by atoms with Crippen molar-refractivity contribution in [3.63, 3.8) is 0 Å². The Hall–Kier alpha value is -0.450. The van der Waals surface area contributed by atoms with Crippen LogP contribution in [0.1, 0.15) is 19.3 Å². The van der Waals surface area contributed by atoms with Gasteiger partial charge in [0.05, 0.1) is 6.61 Å². The number of aliphatic hydroxyl groups is 1. The summed E-state index contributed by atoms with van der Waals surface area (Å²) in [6, 6.07) is 0. The van der Waals surface area contributed by atoms with Gasteiger partial charge in [-0.15, -0.1) is 0 Å². The number of carbonyl (C=O) groups is 1. The molecule has 0 aromatic heterocycles. The summed E-state index contributed by atoms with van der Waals surface area (Å²) >= 11 is 0. The zero-order chi connectivity index (χ0) is 10.4. The van der Waals surface area contributed by atoms with Crippen molar-refractivity contribution in [2.24, 2.45) is 0 Å². The molecule has 0 fully saturated rings. The van der Waals surface area contributed by atoms with E-state index in [1.54, 1.807) is 0 Å². The van der Waals surface area contributed by atoms with Gasteiger partial charge in [-0.25, -0.2) is 0 Å². The van der Waals surface area contributed by atoms with Gasteiger partial charge in [-0.1, -0.05) is 0 Å². The number of hydrogen-bond donors (Lipinski definition) is 2. The molecule has 4 nitrogen and oxygen atoms in total. The predicted molar refractivity (Wildman–Crippen MR) is 52.8 cm³/mol. The van der Waals surface area contributed by atoms with E-state index in [2.05, 4.69) is 5.32 Å². The molecule has 0 aliphatic rings. The van der Waals surface area contributed by atoms with Crippen LogP contribution in [0.3, 0.4) is 0 Å². The molecule has 0 saturated heterocycles. The maximum Gasteiger partial charge on any atom is 0.122 e. The van der Waals surface area contributed by atoms with Crippen LogP contribution in [-0.4, -0.2) is 45.3 Å². The summed E-state index contributed by atoms with van der Waals surface area (Å²) in [6.07, 6.45) is 2.96. The molecule has 0 saturated carbocycles. The minimum atomic E-state index is 0.219. The molecule has 13 heavy (non-hydrogen) atoms. The zero-order valence-electron chi connectivity index (χ0n) is 8.58. The Kier molecular flexibility index (Phi) is 20.3. The van der Waals surface area contributed by atoms with Gasteiger partial charge in [0.2, 0.25) is 0 Å². The van der Waals surface area contributed by atoms with E-state index in [-0.39, 0.29) is 6.61 Å². The maximum atomic E-state index is 9.77. The van der Waals surface area contributed by atoms with Gasteiger partial charge >= 0.3 is 0 Å². The first-order valence-electron chi connectivity index (χ1n) is 4.54. The minimum absolute atomic E-state index is 0.219. The summed E-state index contributed by atoms with van der Waals surface area (Å²) in [5, 5.41) is 11.1. The van der Waals surface area contributed by atoms with Crippen LogP contribution in [0.2, 0.25) is 0 Å². The van der Waals surface area contributed by atoms with Gasteiger partial charge < -0.3 is 20.0 Å². The zero-order valence-corrected chi connectivity index (χ0v) is 8.58. The summed E-state index contributed by atoms with van der Waals surface area (Å²) < 4.78 is 5.03. The number of hydrogen-bond acceptors (Lipinski definition) is 4. The van der Waals surface area contributed by atoms with Crippen LogP contribution in [0.5, 0.6) is 0 Å². The van der Waals surface area contributed by atoms with Gasteiger partial charge in [-0.05, 0) is 26.9 Å². The number of ether oxygens (including phenoxy) is 1. The molecular formula is C9H21NO3. The Morgan fingerprint density at radius 3 is 2.38 bits per heavy atom. The lowest BCUT2D eigenvalue weighted by molar-refractivity contribution is -0.108. The first kappa shape index (κ1) is 15.0. The van der Waals surface area contributed by atoms with Crippen LogP contribution >= 0.6 is 0 Å². The average molecular weight is 191 g/mol. The molecule has 4 heteroatoms. The van der Waals surface area contributed by atoms with Gasteiger partial charge in [-0.2, -0.15) is 0 Å². The SMILES string of the molecule is CNC.O=CCCOCCCCO. The van der Waals surface area contributed by atoms with Crippen molar-refractivity contribution in [2.75, 3.05) is 33.9 Å². The second-order valence-electron chi connectivity index (χ2n) is 2.50. The van der Waals surface area contributed by atoms with E-state index in [0.717, 1.165) is 19.1 Å². The molecule has 0 heterocycles. The molecule has 0 aliphatic carbocycles. The van der Waals surface area contributed by atoms with Crippen LogP contribution in [-0.2, 0) is 9.53 Å². The van der Waals surface area contributed by atoms with Crippen LogP contribution in [0.25, 0.3) is 0 Å². The van der Waals surface area contributed by atoms with E-state index < -0.39 is 0 Å². The van der Waals surface area contributed by atoms with Gasteiger partial charge in [-0.3, -0.25) is 0 Å². The fourth-order valence-electron chi connectivity index (χ4n) is 0.549. The lowest BCUT2D eigenvalue weighted by Gasteiger charge is -1.98. The first-order chi connectivity index (χ1) is 6.33. The molecule has 0 radical (unpaired) electrons. The second kappa shape index (κ2) is 17.6. The van der Waals surface area contributed by atoms with Crippen LogP contribution < -0.4 is 5.32 Å². The molecule has 0 spiro atoms. The molecule has 0 bridgehead atoms. The van der Waals surface area contributed by atoms with E-state index in [1.807, 2.05) is 14.1 Å². The molecule has 0 atom stereocenters. The number of carbonyl (C=O) groups excluding carboxylic acids is 1. The highest BCUT2D eigenvalue weighted by Crippen LogP contribution is 1.88. The Morgan fingerprint density at radius 1 is 1.31 bits per heavy atom. The fourth-order valence-corrected chi connectivity index (χ4v) is 0.549. The minimum Gasteiger partial charge on any atom is -0.396 e. The van der Waals surface area contributed by atoms with E-state index >= 15 is 0 Å². The molecule has 0 aromatic rings. The van der Waals surface area contributed by atoms with E-state index in [4.69, 9.17) is 9.84 Å². The summed E-state index contributed by atoms with van der Waals surface area (Å²) in [5.41, 5.74) is 0. The van der Waals surface area contributed by atoms with Crippen molar-refractivity contribution in [1.29, 1.82) is 0 Å². The van der Waals surface area contributed by atoms with Gasteiger partial charge in [0.15, 0.2) is 0 Å². The van der Waals surface area contributed by atoms with E-state index in [9.17, 15) is 4.79 Å². The lowest BCUT2D eigenvalue weighted by atomic mass is 10.3. The lowest BCUT2D eigenvalue weighted by Crippen LogP contribution is -1.98. The third-order valence-electron chi connectivity index (χ3n) is 1.08. The summed E-state index contributed by atoms with van der Waals surface area (Å²) in [7, 11) is 3.75. The van der Waals surface area contributed by atoms with Crippen LogP contribution in [0.4, 0.5) is 0 Å². The summed E-state index contributed by atoms with van der Waals surface area (Å²) in [6.45, 7) is 1.38. The maximum absolute atomic E-state index is 9.77. The fraction of sp³-hybridized carbons (Fsp3) is 0.889. The van der Waals surface area contributed by atoms with Crippen molar-refractivity contribution in [3.8, 4) is 0 Å². The number of unbranched alkanes of at least 4 members (excludes halogenated alkanes) is 1. The molecule has 0 amide bonds. The highest BCUT2D eigenvalue weighted by molar-refractivity contribution is 5.49. The third kappa shape index (κ3) is 24.6. The standard InChI is InChI=1S/C7H14O3.C2H7N/c8-4-1-2-6-10-7-3-5-9;1-3-2/h5,8H,1-4,6-7H2;3H,1-2H3. The predicted octanol–water partition coefficient (Wildman–Crippen LogP) is 0.200. The second-order valence-corrected chi connectivity index (χ2v) is 2.50. The van der Waals surface area contributed by atoms with Crippen molar-refractivity contribution in [1.82, 2.24) is 5.32 Å². The molecule has 0 aromatic carbocycles. The van der Waals surface area contributed by atoms with Crippen molar-refractivity contribution in [3.05, 3.63) is 0 Å². The highest BCUT2D eigenvalue weighted by atomic mass is 16.5. The topological polar surface area (TPSA) is 58.6 Å². The van der Waals surface area contributed by atoms with Crippen molar-refractivity contribution in [2.45, 2.75) is 19.3 Å². The first-order valence-corrected chi connectivity index (χ1v) is 4.54. The van der Waals surface area contributed by atoms with Crippen molar-refractivity contribution < 1.29 is 14.6 Å². The molecule has 0 aliphatic heterocycles. The highest BCUT2D eigenvalue weighted by Gasteiger charge is 1.87. The van der Waals surface area contributed by atoms with Gasteiger partial charge in [0.25, 0.3) is 0 Å². The number of nitrogens with one attached hydrogen (secondary N) is 1. The summed E-state index contributed by atoms with van der Waals surface area (Å²) in [5.74, 6) is 0. The van der Waals surface area contributed by atoms with Gasteiger partial charge in [0.1, 0.15) is 6.29 Å². The Morgan fingerprint density at radius 2 is 1.92 bits per heavy atom. The molecule has 2 N–H and O–H groups in total. The van der Waals surface area contributed by atoms with Crippen LogP contribution in [0, 0.1) is 0 Å². The average Bonchev–Trinajstić information content (AvgIpc) is 2.13. The molecule has 80 valence electrons. The molecule has 0 unspecified atom stereocenters. The number of rotatable bonds is 7. The van der Waals surface area contributed by atoms with E-state index in [1.165, 1.54) is 0 Å². The normalized spacial score (nSPS) is 8.85. The smallest absolute Gasteiger partial charge is 0.122 e. The number of aliphatic hydroxyl groups excluding tert-OH is 1. The van der Waals surface area contributed by atoms with Gasteiger partial charge in [0, 0.05) is 19.6 Å². The van der Waals surface area contributed by atoms with Crippen molar-refractivity contribution >= 4 is 6.29 Å². The Balaban J connectivity index is 0. The number of aldehydes is 1. The Labute approximate surface area is 80.3 Å². The third-order valence-corrected chi connectivity index (χ3v) is 1.08. The Bertz CT molecular complexity index is 88.9. The van der Waals surface area contributed by atoms with E-state index in [0.29, 0.717) is 19.6 Å².